The van der Waals surface area contributed by atoms with Crippen LogP contribution in [0.4, 0.5) is 0 Å². The van der Waals surface area contributed by atoms with Gasteiger partial charge in [-0.3, -0.25) is 0 Å². The SMILES string of the molecule is CC1=CC(C)C2(CCCOC2O)CC1. The topological polar surface area (TPSA) is 29.5 Å². The Bertz CT molecular complexity index is 247. The van der Waals surface area contributed by atoms with Gasteiger partial charge in [-0.1, -0.05) is 18.6 Å². The summed E-state index contributed by atoms with van der Waals surface area (Å²) in [6.45, 7) is 5.11. The van der Waals surface area contributed by atoms with E-state index in [9.17, 15) is 5.11 Å². The van der Waals surface area contributed by atoms with Crippen LogP contribution in [0.25, 0.3) is 0 Å². The van der Waals surface area contributed by atoms with Crippen LogP contribution in [0.5, 0.6) is 0 Å². The molecule has 0 aromatic heterocycles. The van der Waals surface area contributed by atoms with Crippen molar-refractivity contribution in [2.75, 3.05) is 6.61 Å². The van der Waals surface area contributed by atoms with Crippen LogP contribution in [-0.2, 0) is 4.74 Å². The molecule has 14 heavy (non-hydrogen) atoms. The molecule has 1 heterocycles. The van der Waals surface area contributed by atoms with E-state index in [1.165, 1.54) is 5.57 Å². The van der Waals surface area contributed by atoms with E-state index < -0.39 is 6.29 Å². The van der Waals surface area contributed by atoms with Crippen LogP contribution in [0.15, 0.2) is 11.6 Å². The third kappa shape index (κ3) is 1.51. The molecule has 0 saturated carbocycles. The summed E-state index contributed by atoms with van der Waals surface area (Å²) in [5, 5.41) is 9.99. The average molecular weight is 196 g/mol. The van der Waals surface area contributed by atoms with E-state index in [2.05, 4.69) is 19.9 Å². The number of ether oxygens (including phenoxy) is 1. The van der Waals surface area contributed by atoms with Crippen molar-refractivity contribution in [1.82, 2.24) is 0 Å². The zero-order valence-corrected chi connectivity index (χ0v) is 9.12. The van der Waals surface area contributed by atoms with Crippen molar-refractivity contribution in [2.24, 2.45) is 11.3 Å². The first kappa shape index (κ1) is 10.2. The molecule has 2 nitrogen and oxygen atoms in total. The maximum atomic E-state index is 9.99. The molecule has 3 unspecified atom stereocenters. The van der Waals surface area contributed by atoms with E-state index in [4.69, 9.17) is 4.74 Å². The zero-order valence-electron chi connectivity index (χ0n) is 9.12. The zero-order chi connectivity index (χ0) is 10.2. The van der Waals surface area contributed by atoms with Gasteiger partial charge in [-0.2, -0.15) is 0 Å². The molecule has 0 aromatic rings. The van der Waals surface area contributed by atoms with E-state index in [-0.39, 0.29) is 5.41 Å². The summed E-state index contributed by atoms with van der Waals surface area (Å²) >= 11 is 0. The molecule has 1 saturated heterocycles. The normalized spacial score (nSPS) is 43.8. The number of hydrogen-bond donors (Lipinski definition) is 1. The minimum Gasteiger partial charge on any atom is -0.367 e. The number of aliphatic hydroxyl groups is 1. The molecule has 1 aliphatic heterocycles. The van der Waals surface area contributed by atoms with E-state index in [1.54, 1.807) is 0 Å². The first-order valence-electron chi connectivity index (χ1n) is 5.62. The molecular weight excluding hydrogens is 176 g/mol. The fourth-order valence-corrected chi connectivity index (χ4v) is 2.92. The Morgan fingerprint density at radius 3 is 2.93 bits per heavy atom. The summed E-state index contributed by atoms with van der Waals surface area (Å²) in [6, 6.07) is 0. The molecule has 0 radical (unpaired) electrons. The van der Waals surface area contributed by atoms with Gasteiger partial charge in [-0.25, -0.2) is 0 Å². The Hall–Kier alpha value is -0.340. The van der Waals surface area contributed by atoms with Crippen LogP contribution >= 0.6 is 0 Å². The highest BCUT2D eigenvalue weighted by Crippen LogP contribution is 2.48. The van der Waals surface area contributed by atoms with Crippen molar-refractivity contribution in [3.05, 3.63) is 11.6 Å². The number of hydrogen-bond acceptors (Lipinski definition) is 2. The standard InChI is InChI=1S/C12H20O2/c1-9-4-6-12(10(2)8-9)5-3-7-14-11(12)13/h8,10-11,13H,3-7H2,1-2H3. The lowest BCUT2D eigenvalue weighted by Gasteiger charge is -2.47. The third-order valence-corrected chi connectivity index (χ3v) is 3.98. The third-order valence-electron chi connectivity index (χ3n) is 3.98. The second-order valence-electron chi connectivity index (χ2n) is 4.86. The molecule has 1 spiro atoms. The van der Waals surface area contributed by atoms with Crippen LogP contribution in [0.3, 0.4) is 0 Å². The van der Waals surface area contributed by atoms with Gasteiger partial charge in [0.05, 0.1) is 0 Å². The van der Waals surface area contributed by atoms with Gasteiger partial charge in [0.2, 0.25) is 0 Å². The minimum atomic E-state index is -0.546. The van der Waals surface area contributed by atoms with Gasteiger partial charge in [-0.05, 0) is 38.5 Å². The second-order valence-corrected chi connectivity index (χ2v) is 4.86. The Labute approximate surface area is 86.0 Å². The molecule has 3 atom stereocenters. The molecular formula is C12H20O2. The van der Waals surface area contributed by atoms with Crippen molar-refractivity contribution in [1.29, 1.82) is 0 Å². The number of allylic oxidation sites excluding steroid dienone is 2. The Kier molecular flexibility index (Phi) is 2.67. The van der Waals surface area contributed by atoms with Gasteiger partial charge in [0.1, 0.15) is 0 Å². The fraction of sp³-hybridized carbons (Fsp3) is 0.833. The predicted octanol–water partition coefficient (Wildman–Crippen LogP) is 2.48. The summed E-state index contributed by atoms with van der Waals surface area (Å²) in [4.78, 5) is 0. The van der Waals surface area contributed by atoms with Gasteiger partial charge in [0.25, 0.3) is 0 Å². The van der Waals surface area contributed by atoms with E-state index >= 15 is 0 Å². The maximum Gasteiger partial charge on any atom is 0.160 e. The molecule has 0 aromatic carbocycles. The minimum absolute atomic E-state index is 0.0117. The Morgan fingerprint density at radius 2 is 2.29 bits per heavy atom. The summed E-state index contributed by atoms with van der Waals surface area (Å²) in [5.41, 5.74) is 1.47. The first-order chi connectivity index (χ1) is 6.65. The van der Waals surface area contributed by atoms with Crippen molar-refractivity contribution in [3.63, 3.8) is 0 Å². The molecule has 2 aliphatic rings. The van der Waals surface area contributed by atoms with Crippen molar-refractivity contribution in [3.8, 4) is 0 Å². The largest absolute Gasteiger partial charge is 0.367 e. The van der Waals surface area contributed by atoms with Crippen LogP contribution in [-0.4, -0.2) is 18.0 Å². The Morgan fingerprint density at radius 1 is 1.50 bits per heavy atom. The summed E-state index contributed by atoms with van der Waals surface area (Å²) < 4.78 is 5.40. The van der Waals surface area contributed by atoms with Gasteiger partial charge >= 0.3 is 0 Å². The quantitative estimate of drug-likeness (QED) is 0.603. The van der Waals surface area contributed by atoms with E-state index in [0.717, 1.165) is 32.3 Å². The van der Waals surface area contributed by atoms with Crippen molar-refractivity contribution >= 4 is 0 Å². The average Bonchev–Trinajstić information content (AvgIpc) is 2.15. The van der Waals surface area contributed by atoms with Crippen LogP contribution in [0.1, 0.15) is 39.5 Å². The van der Waals surface area contributed by atoms with Crippen LogP contribution in [0, 0.1) is 11.3 Å². The van der Waals surface area contributed by atoms with E-state index in [1.807, 2.05) is 0 Å². The smallest absolute Gasteiger partial charge is 0.160 e. The monoisotopic (exact) mass is 196 g/mol. The molecule has 1 aliphatic carbocycles. The van der Waals surface area contributed by atoms with Crippen molar-refractivity contribution in [2.45, 2.75) is 45.8 Å². The highest BCUT2D eigenvalue weighted by atomic mass is 16.6. The Balaban J connectivity index is 2.22. The maximum absolute atomic E-state index is 9.99. The summed E-state index contributed by atoms with van der Waals surface area (Å²) in [6.07, 6.45) is 6.16. The number of aliphatic hydroxyl groups excluding tert-OH is 1. The highest BCUT2D eigenvalue weighted by Gasteiger charge is 2.45. The summed E-state index contributed by atoms with van der Waals surface area (Å²) in [5.74, 6) is 0.451. The molecule has 1 fully saturated rings. The first-order valence-corrected chi connectivity index (χ1v) is 5.62. The highest BCUT2D eigenvalue weighted by molar-refractivity contribution is 5.11. The molecule has 0 amide bonds. The lowest BCUT2D eigenvalue weighted by Crippen LogP contribution is -2.46. The van der Waals surface area contributed by atoms with E-state index in [0.29, 0.717) is 5.92 Å². The summed E-state index contributed by atoms with van der Waals surface area (Å²) in [7, 11) is 0. The lowest BCUT2D eigenvalue weighted by atomic mass is 9.64. The van der Waals surface area contributed by atoms with Crippen LogP contribution in [0.2, 0.25) is 0 Å². The van der Waals surface area contributed by atoms with Crippen molar-refractivity contribution < 1.29 is 9.84 Å². The molecule has 2 heteroatoms. The molecule has 0 bridgehead atoms. The molecule has 1 N–H and O–H groups in total. The molecule has 80 valence electrons. The van der Waals surface area contributed by atoms with Gasteiger partial charge in [-0.15, -0.1) is 0 Å². The predicted molar refractivity (Wildman–Crippen MR) is 55.8 cm³/mol. The van der Waals surface area contributed by atoms with Gasteiger partial charge in [0.15, 0.2) is 6.29 Å². The van der Waals surface area contributed by atoms with Crippen LogP contribution < -0.4 is 0 Å². The van der Waals surface area contributed by atoms with Gasteiger partial charge in [0, 0.05) is 12.0 Å². The van der Waals surface area contributed by atoms with Gasteiger partial charge < -0.3 is 9.84 Å². The fourth-order valence-electron chi connectivity index (χ4n) is 2.92. The number of rotatable bonds is 0. The second kappa shape index (κ2) is 3.67. The molecule has 2 rings (SSSR count). The lowest BCUT2D eigenvalue weighted by molar-refractivity contribution is -0.218.